The smallest absolute Gasteiger partial charge is 0.170 e. The molecule has 0 aromatic heterocycles. The zero-order valence-electron chi connectivity index (χ0n) is 11.8. The second-order valence-corrected chi connectivity index (χ2v) is 5.43. The van der Waals surface area contributed by atoms with Gasteiger partial charge in [-0.15, -0.1) is 0 Å². The number of rotatable bonds is 5. The summed E-state index contributed by atoms with van der Waals surface area (Å²) < 4.78 is 0. The Labute approximate surface area is 135 Å². The van der Waals surface area contributed by atoms with Crippen LogP contribution in [0, 0.1) is 0 Å². The van der Waals surface area contributed by atoms with Crippen LogP contribution in [0.1, 0.15) is 0 Å². The van der Waals surface area contributed by atoms with E-state index in [2.05, 4.69) is 34.7 Å². The molecule has 0 spiro atoms. The predicted molar refractivity (Wildman–Crippen MR) is 95.4 cm³/mol. The molecule has 0 amide bonds. The summed E-state index contributed by atoms with van der Waals surface area (Å²) in [5.74, 6) is 0. The van der Waals surface area contributed by atoms with E-state index < -0.39 is 0 Å². The van der Waals surface area contributed by atoms with Gasteiger partial charge in [0.15, 0.2) is 5.11 Å². The maximum atomic E-state index is 6.07. The number of likely N-dealkylation sites (N-methyl/N-ethyl adjacent to an activating group) is 1. The average Bonchev–Trinajstić information content (AvgIpc) is 2.50. The lowest BCUT2D eigenvalue weighted by atomic mass is 10.3. The van der Waals surface area contributed by atoms with Crippen molar-refractivity contribution in [3.63, 3.8) is 0 Å². The Morgan fingerprint density at radius 2 is 1.76 bits per heavy atom. The Morgan fingerprint density at radius 1 is 1.10 bits per heavy atom. The topological polar surface area (TPSA) is 27.3 Å². The van der Waals surface area contributed by atoms with Crippen LogP contribution in [0.15, 0.2) is 54.6 Å². The van der Waals surface area contributed by atoms with Crippen LogP contribution in [0.4, 0.5) is 11.4 Å². The van der Waals surface area contributed by atoms with E-state index in [0.29, 0.717) is 10.1 Å². The van der Waals surface area contributed by atoms with Gasteiger partial charge in [-0.25, -0.2) is 0 Å². The van der Waals surface area contributed by atoms with E-state index in [1.165, 1.54) is 5.69 Å². The molecule has 0 bridgehead atoms. The minimum absolute atomic E-state index is 0.574. The van der Waals surface area contributed by atoms with E-state index in [-0.39, 0.29) is 0 Å². The molecule has 0 atom stereocenters. The molecule has 0 saturated carbocycles. The van der Waals surface area contributed by atoms with Gasteiger partial charge >= 0.3 is 0 Å². The van der Waals surface area contributed by atoms with Crippen LogP contribution >= 0.6 is 23.8 Å². The van der Waals surface area contributed by atoms with Crippen LogP contribution in [0.2, 0.25) is 5.02 Å². The third kappa shape index (κ3) is 4.92. The molecule has 2 rings (SSSR count). The van der Waals surface area contributed by atoms with Crippen LogP contribution in [0.25, 0.3) is 0 Å². The van der Waals surface area contributed by atoms with Gasteiger partial charge in [0.1, 0.15) is 0 Å². The SMILES string of the molecule is CN(CCNC(=S)Nc1ccccc1Cl)c1ccccc1. The third-order valence-electron chi connectivity index (χ3n) is 3.05. The molecule has 3 nitrogen and oxygen atoms in total. The van der Waals surface area contributed by atoms with Crippen LogP contribution in [0.5, 0.6) is 0 Å². The van der Waals surface area contributed by atoms with E-state index in [1.54, 1.807) is 0 Å². The van der Waals surface area contributed by atoms with Crippen LogP contribution in [0.3, 0.4) is 0 Å². The fourth-order valence-corrected chi connectivity index (χ4v) is 2.27. The fraction of sp³-hybridized carbons (Fsp3) is 0.188. The Morgan fingerprint density at radius 3 is 2.48 bits per heavy atom. The van der Waals surface area contributed by atoms with E-state index in [1.807, 2.05) is 42.5 Å². The highest BCUT2D eigenvalue weighted by molar-refractivity contribution is 7.80. The van der Waals surface area contributed by atoms with Gasteiger partial charge < -0.3 is 15.5 Å². The van der Waals surface area contributed by atoms with Gasteiger partial charge in [-0.3, -0.25) is 0 Å². The lowest BCUT2D eigenvalue weighted by Gasteiger charge is -2.20. The normalized spacial score (nSPS) is 10.0. The number of para-hydroxylation sites is 2. The standard InChI is InChI=1S/C16H18ClN3S/c1-20(13-7-3-2-4-8-13)12-11-18-16(21)19-15-10-6-5-9-14(15)17/h2-10H,11-12H2,1H3,(H2,18,19,21). The van der Waals surface area contributed by atoms with Crippen molar-refractivity contribution in [3.05, 3.63) is 59.6 Å². The fourth-order valence-electron chi connectivity index (χ4n) is 1.88. The molecule has 0 aliphatic heterocycles. The first-order valence-corrected chi connectivity index (χ1v) is 7.51. The zero-order chi connectivity index (χ0) is 15.1. The third-order valence-corrected chi connectivity index (χ3v) is 3.63. The summed E-state index contributed by atoms with van der Waals surface area (Å²) in [5, 5.41) is 7.50. The van der Waals surface area contributed by atoms with Gasteiger partial charge in [-0.1, -0.05) is 41.9 Å². The lowest BCUT2D eigenvalue weighted by molar-refractivity contribution is 0.827. The van der Waals surface area contributed by atoms with Crippen molar-refractivity contribution in [2.45, 2.75) is 0 Å². The average molecular weight is 320 g/mol. The predicted octanol–water partition coefficient (Wildman–Crippen LogP) is 3.76. The number of nitrogens with zero attached hydrogens (tertiary/aromatic N) is 1. The first-order valence-electron chi connectivity index (χ1n) is 6.72. The van der Waals surface area contributed by atoms with Crippen molar-refractivity contribution in [1.82, 2.24) is 5.32 Å². The van der Waals surface area contributed by atoms with Crippen molar-refractivity contribution >= 4 is 40.3 Å². The lowest BCUT2D eigenvalue weighted by Crippen LogP contribution is -2.35. The Bertz CT molecular complexity index is 589. The van der Waals surface area contributed by atoms with Crippen molar-refractivity contribution in [3.8, 4) is 0 Å². The number of hydrogen-bond acceptors (Lipinski definition) is 2. The zero-order valence-corrected chi connectivity index (χ0v) is 13.4. The number of benzene rings is 2. The summed E-state index contributed by atoms with van der Waals surface area (Å²) in [7, 11) is 2.06. The number of anilines is 2. The maximum Gasteiger partial charge on any atom is 0.170 e. The molecule has 2 aromatic rings. The Kier molecular flexibility index (Phi) is 5.84. The van der Waals surface area contributed by atoms with Crippen molar-refractivity contribution in [2.24, 2.45) is 0 Å². The first-order chi connectivity index (χ1) is 10.2. The molecular weight excluding hydrogens is 302 g/mol. The summed E-state index contributed by atoms with van der Waals surface area (Å²) in [6, 6.07) is 17.8. The Balaban J connectivity index is 1.76. The second kappa shape index (κ2) is 7.86. The van der Waals surface area contributed by atoms with E-state index in [9.17, 15) is 0 Å². The molecule has 0 radical (unpaired) electrons. The molecule has 21 heavy (non-hydrogen) atoms. The minimum Gasteiger partial charge on any atom is -0.373 e. The summed E-state index contributed by atoms with van der Waals surface area (Å²) in [5.41, 5.74) is 2.00. The van der Waals surface area contributed by atoms with Gasteiger partial charge in [-0.2, -0.15) is 0 Å². The molecule has 0 aliphatic rings. The molecule has 0 aliphatic carbocycles. The van der Waals surface area contributed by atoms with E-state index in [0.717, 1.165) is 18.8 Å². The summed E-state index contributed by atoms with van der Waals surface area (Å²) in [6.07, 6.45) is 0. The monoisotopic (exact) mass is 319 g/mol. The van der Waals surface area contributed by atoms with Gasteiger partial charge in [0.25, 0.3) is 0 Å². The van der Waals surface area contributed by atoms with Gasteiger partial charge in [0.05, 0.1) is 10.7 Å². The molecule has 2 aromatic carbocycles. The molecule has 110 valence electrons. The largest absolute Gasteiger partial charge is 0.373 e. The molecule has 5 heteroatoms. The number of hydrogen-bond donors (Lipinski definition) is 2. The molecule has 0 unspecified atom stereocenters. The van der Waals surface area contributed by atoms with Crippen molar-refractivity contribution in [1.29, 1.82) is 0 Å². The molecule has 0 fully saturated rings. The number of halogens is 1. The summed E-state index contributed by atoms with van der Waals surface area (Å²) in [4.78, 5) is 2.17. The first kappa shape index (κ1) is 15.6. The van der Waals surface area contributed by atoms with Gasteiger partial charge in [0, 0.05) is 25.8 Å². The molecule has 0 heterocycles. The highest BCUT2D eigenvalue weighted by Crippen LogP contribution is 2.20. The maximum absolute atomic E-state index is 6.07. The highest BCUT2D eigenvalue weighted by atomic mass is 35.5. The molecule has 2 N–H and O–H groups in total. The second-order valence-electron chi connectivity index (χ2n) is 4.62. The van der Waals surface area contributed by atoms with Crippen molar-refractivity contribution in [2.75, 3.05) is 30.4 Å². The van der Waals surface area contributed by atoms with E-state index in [4.69, 9.17) is 23.8 Å². The van der Waals surface area contributed by atoms with Crippen molar-refractivity contribution < 1.29 is 0 Å². The van der Waals surface area contributed by atoms with Crippen LogP contribution in [-0.2, 0) is 0 Å². The molecular formula is C16H18ClN3S. The highest BCUT2D eigenvalue weighted by Gasteiger charge is 2.02. The van der Waals surface area contributed by atoms with Crippen LogP contribution < -0.4 is 15.5 Å². The Hall–Kier alpha value is -1.78. The van der Waals surface area contributed by atoms with Gasteiger partial charge in [0.2, 0.25) is 0 Å². The quantitative estimate of drug-likeness (QED) is 0.821. The number of thiocarbonyl (C=S) groups is 1. The minimum atomic E-state index is 0.574. The van der Waals surface area contributed by atoms with Crippen LogP contribution in [-0.4, -0.2) is 25.2 Å². The summed E-state index contributed by atoms with van der Waals surface area (Å²) >= 11 is 11.3. The number of nitrogens with one attached hydrogen (secondary N) is 2. The summed E-state index contributed by atoms with van der Waals surface area (Å²) in [6.45, 7) is 1.61. The molecule has 0 saturated heterocycles. The van der Waals surface area contributed by atoms with E-state index >= 15 is 0 Å². The van der Waals surface area contributed by atoms with Gasteiger partial charge in [-0.05, 0) is 36.5 Å².